The number of ether oxygens (including phenoxy) is 1. The van der Waals surface area contributed by atoms with Crippen LogP contribution in [0.5, 0.6) is 0 Å². The Morgan fingerprint density at radius 2 is 1.85 bits per heavy atom. The van der Waals surface area contributed by atoms with Crippen molar-refractivity contribution in [3.05, 3.63) is 6.92 Å². The smallest absolute Gasteiger partial charge is 0.0572 e. The summed E-state index contributed by atoms with van der Waals surface area (Å²) in [5.41, 5.74) is 0. The number of rotatable bonds is 7. The van der Waals surface area contributed by atoms with Gasteiger partial charge in [-0.2, -0.15) is 0 Å². The minimum absolute atomic E-state index is 0.370. The van der Waals surface area contributed by atoms with Crippen molar-refractivity contribution in [1.29, 1.82) is 0 Å². The van der Waals surface area contributed by atoms with Crippen molar-refractivity contribution in [3.63, 3.8) is 0 Å². The molecule has 0 spiro atoms. The molecular weight excluding hydrogens is 160 g/mol. The van der Waals surface area contributed by atoms with E-state index in [9.17, 15) is 0 Å². The molecule has 2 unspecified atom stereocenters. The van der Waals surface area contributed by atoms with Gasteiger partial charge < -0.3 is 4.74 Å². The first-order valence-corrected chi connectivity index (χ1v) is 5.50. The zero-order valence-corrected chi connectivity index (χ0v) is 9.68. The van der Waals surface area contributed by atoms with Gasteiger partial charge in [-0.05, 0) is 31.1 Å². The summed E-state index contributed by atoms with van der Waals surface area (Å²) >= 11 is 0. The molecule has 2 atom stereocenters. The minimum atomic E-state index is 0.370. The number of hydrogen-bond donors (Lipinski definition) is 0. The molecule has 0 aliphatic heterocycles. The average molecular weight is 185 g/mol. The second-order valence-electron chi connectivity index (χ2n) is 4.39. The lowest BCUT2D eigenvalue weighted by molar-refractivity contribution is 0.0278. The Hall–Kier alpha value is -0.0400. The van der Waals surface area contributed by atoms with E-state index in [0.29, 0.717) is 12.0 Å². The van der Waals surface area contributed by atoms with Crippen molar-refractivity contribution in [2.75, 3.05) is 6.61 Å². The van der Waals surface area contributed by atoms with Crippen LogP contribution in [-0.4, -0.2) is 12.7 Å². The van der Waals surface area contributed by atoms with E-state index in [-0.39, 0.29) is 0 Å². The highest BCUT2D eigenvalue weighted by molar-refractivity contribution is 4.60. The fourth-order valence-electron chi connectivity index (χ4n) is 1.58. The molecule has 1 nitrogen and oxygen atoms in total. The first-order chi connectivity index (χ1) is 6.10. The van der Waals surface area contributed by atoms with Gasteiger partial charge >= 0.3 is 0 Å². The summed E-state index contributed by atoms with van der Waals surface area (Å²) in [6.07, 6.45) is 3.60. The molecule has 0 N–H and O–H groups in total. The quantitative estimate of drug-likeness (QED) is 0.588. The highest BCUT2D eigenvalue weighted by Gasteiger charge is 2.08. The van der Waals surface area contributed by atoms with Gasteiger partial charge in [0, 0.05) is 6.61 Å². The van der Waals surface area contributed by atoms with E-state index in [1.807, 2.05) is 0 Å². The first-order valence-electron chi connectivity index (χ1n) is 5.50. The van der Waals surface area contributed by atoms with Crippen molar-refractivity contribution >= 4 is 0 Å². The zero-order valence-electron chi connectivity index (χ0n) is 9.68. The van der Waals surface area contributed by atoms with Crippen molar-refractivity contribution in [2.45, 2.75) is 53.1 Å². The van der Waals surface area contributed by atoms with Gasteiger partial charge in [-0.15, -0.1) is 0 Å². The van der Waals surface area contributed by atoms with Crippen LogP contribution in [0.2, 0.25) is 0 Å². The maximum atomic E-state index is 5.74. The standard InChI is InChI=1S/C12H25O/c1-6-12(7-2)13-9-11(5)8-10(3)4/h10-12H,1,6-9H2,2-5H3. The molecule has 0 saturated heterocycles. The van der Waals surface area contributed by atoms with E-state index in [4.69, 9.17) is 4.74 Å². The summed E-state index contributed by atoms with van der Waals surface area (Å²) in [6.45, 7) is 13.7. The van der Waals surface area contributed by atoms with Crippen LogP contribution in [0.1, 0.15) is 47.0 Å². The summed E-state index contributed by atoms with van der Waals surface area (Å²) in [5.74, 6) is 1.46. The van der Waals surface area contributed by atoms with Gasteiger partial charge in [0.15, 0.2) is 0 Å². The van der Waals surface area contributed by atoms with Crippen LogP contribution in [0.25, 0.3) is 0 Å². The molecule has 1 radical (unpaired) electrons. The third-order valence-corrected chi connectivity index (χ3v) is 2.27. The van der Waals surface area contributed by atoms with Gasteiger partial charge in [0.2, 0.25) is 0 Å². The molecule has 0 aliphatic rings. The predicted molar refractivity (Wildman–Crippen MR) is 58.6 cm³/mol. The van der Waals surface area contributed by atoms with Crippen LogP contribution in [0.3, 0.4) is 0 Å². The van der Waals surface area contributed by atoms with Crippen molar-refractivity contribution < 1.29 is 4.74 Å². The molecule has 13 heavy (non-hydrogen) atoms. The highest BCUT2D eigenvalue weighted by Crippen LogP contribution is 2.13. The van der Waals surface area contributed by atoms with Crippen LogP contribution >= 0.6 is 0 Å². The lowest BCUT2D eigenvalue weighted by atomic mass is 10.00. The molecule has 0 aromatic rings. The molecule has 79 valence electrons. The summed E-state index contributed by atoms with van der Waals surface area (Å²) < 4.78 is 5.74. The molecule has 0 heterocycles. The monoisotopic (exact) mass is 185 g/mol. The maximum Gasteiger partial charge on any atom is 0.0572 e. The molecule has 0 aliphatic carbocycles. The van der Waals surface area contributed by atoms with Crippen LogP contribution < -0.4 is 0 Å². The summed E-state index contributed by atoms with van der Waals surface area (Å²) in [5, 5.41) is 0. The highest BCUT2D eigenvalue weighted by atomic mass is 16.5. The van der Waals surface area contributed by atoms with Gasteiger partial charge in [0.25, 0.3) is 0 Å². The lowest BCUT2D eigenvalue weighted by Gasteiger charge is -2.18. The Bertz CT molecular complexity index is 106. The van der Waals surface area contributed by atoms with E-state index >= 15 is 0 Å². The normalized spacial score (nSPS) is 14.1. The van der Waals surface area contributed by atoms with Crippen molar-refractivity contribution in [2.24, 2.45) is 11.8 Å². The van der Waals surface area contributed by atoms with E-state index in [1.165, 1.54) is 6.42 Å². The summed E-state index contributed by atoms with van der Waals surface area (Å²) in [4.78, 5) is 0. The fraction of sp³-hybridized carbons (Fsp3) is 0.917. The number of hydrogen-bond acceptors (Lipinski definition) is 1. The Morgan fingerprint density at radius 1 is 1.23 bits per heavy atom. The van der Waals surface area contributed by atoms with E-state index < -0.39 is 0 Å². The van der Waals surface area contributed by atoms with Crippen LogP contribution in [0.15, 0.2) is 0 Å². The SMILES string of the molecule is [CH2]CC(CC)OCC(C)CC(C)C. The molecule has 0 aromatic heterocycles. The molecule has 0 bridgehead atoms. The van der Waals surface area contributed by atoms with E-state index in [2.05, 4.69) is 34.6 Å². The third kappa shape index (κ3) is 7.06. The zero-order chi connectivity index (χ0) is 10.3. The minimum Gasteiger partial charge on any atom is -0.378 e. The summed E-state index contributed by atoms with van der Waals surface area (Å²) in [6, 6.07) is 0. The summed E-state index contributed by atoms with van der Waals surface area (Å²) in [7, 11) is 0. The van der Waals surface area contributed by atoms with E-state index in [1.54, 1.807) is 0 Å². The topological polar surface area (TPSA) is 9.23 Å². The fourth-order valence-corrected chi connectivity index (χ4v) is 1.58. The lowest BCUT2D eigenvalue weighted by Crippen LogP contribution is -2.16. The van der Waals surface area contributed by atoms with Gasteiger partial charge in [-0.3, -0.25) is 0 Å². The Balaban J connectivity index is 3.49. The van der Waals surface area contributed by atoms with Crippen LogP contribution in [0, 0.1) is 18.8 Å². The molecule has 0 aromatic carbocycles. The maximum absolute atomic E-state index is 5.74. The molecule has 0 saturated carbocycles. The predicted octanol–water partition coefficient (Wildman–Crippen LogP) is 3.69. The van der Waals surface area contributed by atoms with Gasteiger partial charge in [0.1, 0.15) is 0 Å². The Morgan fingerprint density at radius 3 is 2.23 bits per heavy atom. The Labute approximate surface area is 83.9 Å². The second-order valence-corrected chi connectivity index (χ2v) is 4.39. The van der Waals surface area contributed by atoms with Crippen LogP contribution in [-0.2, 0) is 4.74 Å². The first kappa shape index (κ1) is 13.0. The third-order valence-electron chi connectivity index (χ3n) is 2.27. The average Bonchev–Trinajstić information content (AvgIpc) is 2.05. The second kappa shape index (κ2) is 7.37. The van der Waals surface area contributed by atoms with Gasteiger partial charge in [0.05, 0.1) is 6.10 Å². The largest absolute Gasteiger partial charge is 0.378 e. The molecule has 0 rings (SSSR count). The van der Waals surface area contributed by atoms with Crippen LogP contribution in [0.4, 0.5) is 0 Å². The van der Waals surface area contributed by atoms with E-state index in [0.717, 1.165) is 25.4 Å². The van der Waals surface area contributed by atoms with Crippen molar-refractivity contribution in [1.82, 2.24) is 0 Å². The molecule has 0 amide bonds. The Kier molecular flexibility index (Phi) is 7.35. The van der Waals surface area contributed by atoms with Gasteiger partial charge in [-0.1, -0.05) is 34.6 Å². The molecule has 1 heteroatoms. The van der Waals surface area contributed by atoms with Gasteiger partial charge in [-0.25, -0.2) is 0 Å². The van der Waals surface area contributed by atoms with Crippen molar-refractivity contribution in [3.8, 4) is 0 Å². The molecular formula is C12H25O. The molecule has 0 fully saturated rings.